The molecule has 2 aromatic rings. The van der Waals surface area contributed by atoms with Crippen LogP contribution in [0.2, 0.25) is 0 Å². The number of nitriles is 1. The highest BCUT2D eigenvalue weighted by atomic mass is 32.2. The van der Waals surface area contributed by atoms with E-state index in [1.165, 1.54) is 24.6 Å². The lowest BCUT2D eigenvalue weighted by molar-refractivity contribution is 0.410. The molecule has 0 bridgehead atoms. The normalized spacial score (nSPS) is 11.2. The zero-order chi connectivity index (χ0) is 14.6. The van der Waals surface area contributed by atoms with Crippen LogP contribution in [0, 0.1) is 18.3 Å². The molecule has 0 aliphatic carbocycles. The highest BCUT2D eigenvalue weighted by molar-refractivity contribution is 7.89. The standard InChI is InChI=1S/C12H12N4O3S/c1-9-6-11(3-2-10(9)7-13)20(17,18)15-5-4-12-14-8-19-16-12/h2-3,6,8,15H,4-5H2,1H3. The highest BCUT2D eigenvalue weighted by Crippen LogP contribution is 2.14. The van der Waals surface area contributed by atoms with Crippen LogP contribution in [0.4, 0.5) is 0 Å². The van der Waals surface area contributed by atoms with Crippen molar-refractivity contribution in [1.82, 2.24) is 14.9 Å². The van der Waals surface area contributed by atoms with E-state index in [2.05, 4.69) is 19.4 Å². The van der Waals surface area contributed by atoms with Gasteiger partial charge in [-0.15, -0.1) is 0 Å². The molecule has 1 heterocycles. The Bertz CT molecular complexity index is 733. The molecule has 0 saturated heterocycles. The zero-order valence-electron chi connectivity index (χ0n) is 10.7. The van der Waals surface area contributed by atoms with Crippen LogP contribution in [0.15, 0.2) is 34.0 Å². The molecule has 8 heteroatoms. The number of benzene rings is 1. The van der Waals surface area contributed by atoms with Crippen molar-refractivity contribution in [2.75, 3.05) is 6.54 Å². The summed E-state index contributed by atoms with van der Waals surface area (Å²) in [6, 6.07) is 6.36. The van der Waals surface area contributed by atoms with E-state index in [9.17, 15) is 8.42 Å². The number of hydrogen-bond donors (Lipinski definition) is 1. The molecular formula is C12H12N4O3S. The van der Waals surface area contributed by atoms with E-state index in [1.54, 1.807) is 6.92 Å². The third-order valence-electron chi connectivity index (χ3n) is 2.68. The van der Waals surface area contributed by atoms with Gasteiger partial charge in [0.1, 0.15) is 0 Å². The number of sulfonamides is 1. The maximum absolute atomic E-state index is 12.1. The molecule has 104 valence electrons. The minimum absolute atomic E-state index is 0.127. The summed E-state index contributed by atoms with van der Waals surface area (Å²) >= 11 is 0. The summed E-state index contributed by atoms with van der Waals surface area (Å²) in [6.07, 6.45) is 1.53. The SMILES string of the molecule is Cc1cc(S(=O)(=O)NCCc2ncon2)ccc1C#N. The third kappa shape index (κ3) is 3.20. The maximum atomic E-state index is 12.1. The monoisotopic (exact) mass is 292 g/mol. The second kappa shape index (κ2) is 5.81. The van der Waals surface area contributed by atoms with E-state index in [-0.39, 0.29) is 11.4 Å². The van der Waals surface area contributed by atoms with Gasteiger partial charge in [0, 0.05) is 13.0 Å². The van der Waals surface area contributed by atoms with Gasteiger partial charge in [0.2, 0.25) is 16.4 Å². The van der Waals surface area contributed by atoms with E-state index < -0.39 is 10.0 Å². The van der Waals surface area contributed by atoms with Gasteiger partial charge in [0.15, 0.2) is 5.82 Å². The summed E-state index contributed by atoms with van der Waals surface area (Å²) in [5.74, 6) is 0.434. The van der Waals surface area contributed by atoms with Gasteiger partial charge >= 0.3 is 0 Å². The Morgan fingerprint density at radius 3 is 2.85 bits per heavy atom. The molecule has 0 spiro atoms. The molecule has 0 aliphatic rings. The van der Waals surface area contributed by atoms with Crippen LogP contribution in [0.25, 0.3) is 0 Å². The molecule has 0 aliphatic heterocycles. The Labute approximate surface area is 116 Å². The summed E-state index contributed by atoms with van der Waals surface area (Å²) in [6.45, 7) is 1.86. The maximum Gasteiger partial charge on any atom is 0.240 e. The first-order chi connectivity index (χ1) is 9.53. The minimum Gasteiger partial charge on any atom is -0.343 e. The van der Waals surface area contributed by atoms with Crippen LogP contribution in [-0.2, 0) is 16.4 Å². The number of rotatable bonds is 5. The molecule has 1 aromatic heterocycles. The zero-order valence-corrected chi connectivity index (χ0v) is 11.5. The van der Waals surface area contributed by atoms with Gasteiger partial charge in [-0.1, -0.05) is 5.16 Å². The van der Waals surface area contributed by atoms with Crippen molar-refractivity contribution in [3.05, 3.63) is 41.5 Å². The van der Waals surface area contributed by atoms with Crippen molar-refractivity contribution >= 4 is 10.0 Å². The van der Waals surface area contributed by atoms with Gasteiger partial charge < -0.3 is 4.52 Å². The Hall–Kier alpha value is -2.24. The van der Waals surface area contributed by atoms with Gasteiger partial charge in [-0.05, 0) is 30.7 Å². The van der Waals surface area contributed by atoms with Crippen LogP contribution in [-0.4, -0.2) is 25.1 Å². The van der Waals surface area contributed by atoms with Gasteiger partial charge in [-0.25, -0.2) is 13.1 Å². The number of hydrogen-bond acceptors (Lipinski definition) is 6. The lowest BCUT2D eigenvalue weighted by atomic mass is 10.1. The van der Waals surface area contributed by atoms with Crippen molar-refractivity contribution < 1.29 is 12.9 Å². The Morgan fingerprint density at radius 2 is 2.25 bits per heavy atom. The summed E-state index contributed by atoms with van der Waals surface area (Å²) < 4.78 is 31.1. The fraction of sp³-hybridized carbons (Fsp3) is 0.250. The molecule has 0 radical (unpaired) electrons. The fourth-order valence-electron chi connectivity index (χ4n) is 1.61. The highest BCUT2D eigenvalue weighted by Gasteiger charge is 2.15. The molecule has 1 N–H and O–H groups in total. The summed E-state index contributed by atoms with van der Waals surface area (Å²) in [5.41, 5.74) is 1.07. The lowest BCUT2D eigenvalue weighted by Crippen LogP contribution is -2.26. The number of nitrogens with zero attached hydrogens (tertiary/aromatic N) is 3. The summed E-state index contributed by atoms with van der Waals surface area (Å²) in [7, 11) is -3.61. The van der Waals surface area contributed by atoms with Gasteiger partial charge in [-0.3, -0.25) is 0 Å². The van der Waals surface area contributed by atoms with Crippen molar-refractivity contribution in [1.29, 1.82) is 5.26 Å². The molecule has 0 atom stereocenters. The predicted octanol–water partition coefficient (Wildman–Crippen LogP) is 0.771. The van der Waals surface area contributed by atoms with E-state index in [4.69, 9.17) is 5.26 Å². The topological polar surface area (TPSA) is 109 Å². The molecule has 0 amide bonds. The van der Waals surface area contributed by atoms with Crippen LogP contribution >= 0.6 is 0 Å². The third-order valence-corrected chi connectivity index (χ3v) is 4.13. The number of aromatic nitrogens is 2. The molecule has 0 unspecified atom stereocenters. The average Bonchev–Trinajstić information content (AvgIpc) is 2.91. The molecule has 0 fully saturated rings. The smallest absolute Gasteiger partial charge is 0.240 e. The van der Waals surface area contributed by atoms with Crippen molar-refractivity contribution in [2.45, 2.75) is 18.2 Å². The quantitative estimate of drug-likeness (QED) is 0.871. The molecule has 1 aromatic carbocycles. The fourth-order valence-corrected chi connectivity index (χ4v) is 2.73. The summed E-state index contributed by atoms with van der Waals surface area (Å²) in [4.78, 5) is 3.92. The predicted molar refractivity (Wildman–Crippen MR) is 69.1 cm³/mol. The molecule has 0 saturated carbocycles. The van der Waals surface area contributed by atoms with Gasteiger partial charge in [0.25, 0.3) is 0 Å². The molecular weight excluding hydrogens is 280 g/mol. The van der Waals surface area contributed by atoms with Crippen molar-refractivity contribution in [3.63, 3.8) is 0 Å². The first kappa shape index (κ1) is 14.2. The first-order valence-corrected chi connectivity index (χ1v) is 7.27. The number of nitrogens with one attached hydrogen (secondary N) is 1. The number of aryl methyl sites for hydroxylation is 1. The van der Waals surface area contributed by atoms with Crippen molar-refractivity contribution in [2.24, 2.45) is 0 Å². The van der Waals surface area contributed by atoms with E-state index >= 15 is 0 Å². The van der Waals surface area contributed by atoms with Crippen LogP contribution in [0.3, 0.4) is 0 Å². The second-order valence-electron chi connectivity index (χ2n) is 4.08. The van der Waals surface area contributed by atoms with Crippen molar-refractivity contribution in [3.8, 4) is 6.07 Å². The molecule has 7 nitrogen and oxygen atoms in total. The Kier molecular flexibility index (Phi) is 4.12. The van der Waals surface area contributed by atoms with Gasteiger partial charge in [-0.2, -0.15) is 10.2 Å². The van der Waals surface area contributed by atoms with E-state index in [0.717, 1.165) is 0 Å². The first-order valence-electron chi connectivity index (χ1n) is 5.78. The largest absolute Gasteiger partial charge is 0.343 e. The second-order valence-corrected chi connectivity index (χ2v) is 5.85. The van der Waals surface area contributed by atoms with Gasteiger partial charge in [0.05, 0.1) is 16.5 Å². The van der Waals surface area contributed by atoms with E-state index in [0.29, 0.717) is 23.4 Å². The van der Waals surface area contributed by atoms with Crippen LogP contribution < -0.4 is 4.72 Å². The van der Waals surface area contributed by atoms with Crippen LogP contribution in [0.1, 0.15) is 17.0 Å². The average molecular weight is 292 g/mol. The molecule has 20 heavy (non-hydrogen) atoms. The molecule has 2 rings (SSSR count). The lowest BCUT2D eigenvalue weighted by Gasteiger charge is -2.07. The van der Waals surface area contributed by atoms with Crippen LogP contribution in [0.5, 0.6) is 0 Å². The summed E-state index contributed by atoms with van der Waals surface area (Å²) in [5, 5.41) is 12.4. The minimum atomic E-state index is -3.61. The Balaban J connectivity index is 2.06. The van der Waals surface area contributed by atoms with E-state index in [1.807, 2.05) is 6.07 Å². The Morgan fingerprint density at radius 1 is 1.45 bits per heavy atom.